The summed E-state index contributed by atoms with van der Waals surface area (Å²) in [7, 11) is 0. The van der Waals surface area contributed by atoms with Crippen molar-refractivity contribution >= 4 is 11.7 Å². The number of benzene rings is 2. The second kappa shape index (κ2) is 9.04. The lowest BCUT2D eigenvalue weighted by Crippen LogP contribution is -2.46. The van der Waals surface area contributed by atoms with Gasteiger partial charge in [-0.15, -0.1) is 0 Å². The lowest BCUT2D eigenvalue weighted by Gasteiger charge is -2.39. The number of anilines is 1. The van der Waals surface area contributed by atoms with Gasteiger partial charge in [0.2, 0.25) is 0 Å². The van der Waals surface area contributed by atoms with Gasteiger partial charge in [0.1, 0.15) is 23.8 Å². The monoisotopic (exact) mass is 415 g/mol. The van der Waals surface area contributed by atoms with Gasteiger partial charge in [0.15, 0.2) is 0 Å². The molecule has 0 bridgehead atoms. The molecule has 30 heavy (non-hydrogen) atoms. The molecule has 5 nitrogen and oxygen atoms in total. The van der Waals surface area contributed by atoms with Crippen LogP contribution in [0.2, 0.25) is 0 Å². The van der Waals surface area contributed by atoms with Crippen molar-refractivity contribution in [3.8, 4) is 5.75 Å². The van der Waals surface area contributed by atoms with E-state index in [1.807, 2.05) is 35.2 Å². The zero-order valence-corrected chi connectivity index (χ0v) is 17.9. The second-order valence-electron chi connectivity index (χ2n) is 8.86. The van der Waals surface area contributed by atoms with Crippen molar-refractivity contribution < 1.29 is 23.8 Å². The first kappa shape index (κ1) is 22.1. The summed E-state index contributed by atoms with van der Waals surface area (Å²) in [6, 6.07) is 14.6. The van der Waals surface area contributed by atoms with E-state index < -0.39 is 17.2 Å². The Labute approximate surface area is 177 Å². The minimum absolute atomic E-state index is 0.0488. The molecule has 0 radical (unpaired) electrons. The fraction of sp³-hybridized carbons (Fsp3) is 0.458. The van der Waals surface area contributed by atoms with Crippen molar-refractivity contribution in [2.24, 2.45) is 0 Å². The average Bonchev–Trinajstić information content (AvgIpc) is 2.66. The van der Waals surface area contributed by atoms with E-state index in [-0.39, 0.29) is 12.2 Å². The van der Waals surface area contributed by atoms with Gasteiger partial charge in [0.25, 0.3) is 0 Å². The van der Waals surface area contributed by atoms with Gasteiger partial charge in [-0.25, -0.2) is 4.39 Å². The Hall–Kier alpha value is -2.60. The minimum atomic E-state index is -1.12. The van der Waals surface area contributed by atoms with Crippen molar-refractivity contribution in [2.75, 3.05) is 18.0 Å². The summed E-state index contributed by atoms with van der Waals surface area (Å²) in [6.45, 7) is 6.69. The Morgan fingerprint density at radius 1 is 1.13 bits per heavy atom. The van der Waals surface area contributed by atoms with Crippen molar-refractivity contribution in [2.45, 2.75) is 57.8 Å². The fourth-order valence-corrected chi connectivity index (χ4v) is 3.56. The zero-order valence-electron chi connectivity index (χ0n) is 17.9. The van der Waals surface area contributed by atoms with Crippen LogP contribution in [0.4, 0.5) is 10.1 Å². The van der Waals surface area contributed by atoms with Crippen molar-refractivity contribution in [3.05, 3.63) is 59.9 Å². The molecule has 2 aromatic rings. The van der Waals surface area contributed by atoms with Crippen LogP contribution in [0.3, 0.4) is 0 Å². The molecule has 3 rings (SSSR count). The van der Waals surface area contributed by atoms with Crippen LogP contribution < -0.4 is 9.64 Å². The largest absolute Gasteiger partial charge is 0.489 e. The van der Waals surface area contributed by atoms with Crippen LogP contribution in [0, 0.1) is 5.82 Å². The van der Waals surface area contributed by atoms with Gasteiger partial charge in [0, 0.05) is 19.2 Å². The maximum atomic E-state index is 14.7. The summed E-state index contributed by atoms with van der Waals surface area (Å²) in [5.74, 6) is -0.304. The number of ether oxygens (including phenoxy) is 2. The molecule has 0 amide bonds. The maximum absolute atomic E-state index is 14.7. The van der Waals surface area contributed by atoms with Crippen LogP contribution in [0.25, 0.3) is 0 Å². The third-order valence-corrected chi connectivity index (χ3v) is 5.10. The summed E-state index contributed by atoms with van der Waals surface area (Å²) < 4.78 is 25.7. The third kappa shape index (κ3) is 6.20. The van der Waals surface area contributed by atoms with Crippen LogP contribution in [0.15, 0.2) is 48.5 Å². The molecular formula is C24H30FNO4. The summed E-state index contributed by atoms with van der Waals surface area (Å²) in [4.78, 5) is 14.0. The normalized spacial score (nSPS) is 16.2. The maximum Gasteiger partial charge on any atom is 0.309 e. The van der Waals surface area contributed by atoms with E-state index in [1.165, 1.54) is 6.07 Å². The SMILES string of the molecule is CC(C)(C)OC(=O)CC1(O)CCN(c2ccc(OCc3ccccc3)cc2F)CC1. The molecule has 162 valence electrons. The highest BCUT2D eigenvalue weighted by Gasteiger charge is 2.36. The number of hydrogen-bond donors (Lipinski definition) is 1. The number of rotatable bonds is 6. The second-order valence-corrected chi connectivity index (χ2v) is 8.86. The first-order valence-corrected chi connectivity index (χ1v) is 10.3. The molecule has 0 saturated carbocycles. The van der Waals surface area contributed by atoms with Crippen molar-refractivity contribution in [3.63, 3.8) is 0 Å². The fourth-order valence-electron chi connectivity index (χ4n) is 3.56. The van der Waals surface area contributed by atoms with Crippen LogP contribution in [-0.4, -0.2) is 35.4 Å². The number of hydrogen-bond acceptors (Lipinski definition) is 5. The van der Waals surface area contributed by atoms with Gasteiger partial charge in [-0.05, 0) is 51.3 Å². The Morgan fingerprint density at radius 3 is 2.40 bits per heavy atom. The van der Waals surface area contributed by atoms with Crippen LogP contribution >= 0.6 is 0 Å². The first-order chi connectivity index (χ1) is 14.1. The smallest absolute Gasteiger partial charge is 0.309 e. The number of nitrogens with zero attached hydrogens (tertiary/aromatic N) is 1. The van der Waals surface area contributed by atoms with Gasteiger partial charge in [-0.1, -0.05) is 30.3 Å². The van der Waals surface area contributed by atoms with Crippen LogP contribution in [-0.2, 0) is 16.1 Å². The Bertz CT molecular complexity index is 855. The first-order valence-electron chi connectivity index (χ1n) is 10.3. The summed E-state index contributed by atoms with van der Waals surface area (Å²) in [6.07, 6.45) is 0.697. The minimum Gasteiger partial charge on any atom is -0.489 e. The van der Waals surface area contributed by atoms with E-state index in [0.717, 1.165) is 5.56 Å². The highest BCUT2D eigenvalue weighted by atomic mass is 19.1. The van der Waals surface area contributed by atoms with Gasteiger partial charge < -0.3 is 19.5 Å². The molecule has 0 spiro atoms. The average molecular weight is 416 g/mol. The Morgan fingerprint density at radius 2 is 1.80 bits per heavy atom. The van der Waals surface area contributed by atoms with Gasteiger partial charge >= 0.3 is 5.97 Å². The molecule has 1 aliphatic rings. The van der Waals surface area contributed by atoms with Crippen molar-refractivity contribution in [1.29, 1.82) is 0 Å². The summed E-state index contributed by atoms with van der Waals surface area (Å²) in [5, 5.41) is 10.8. The molecule has 1 N–H and O–H groups in total. The predicted octanol–water partition coefficient (Wildman–Crippen LogP) is 4.47. The Kier molecular flexibility index (Phi) is 6.66. The molecule has 0 aromatic heterocycles. The number of carbonyl (C=O) groups is 1. The van der Waals surface area contributed by atoms with Gasteiger partial charge in [-0.2, -0.15) is 0 Å². The molecule has 2 aromatic carbocycles. The number of esters is 1. The van der Waals surface area contributed by atoms with E-state index in [2.05, 4.69) is 0 Å². The molecular weight excluding hydrogens is 385 g/mol. The summed E-state index contributed by atoms with van der Waals surface area (Å²) >= 11 is 0. The standard InChI is InChI=1S/C24H30FNO4/c1-23(2,3)30-22(27)16-24(28)11-13-26(14-12-24)21-10-9-19(15-20(21)25)29-17-18-7-5-4-6-8-18/h4-10,15,28H,11-14,16-17H2,1-3H3. The molecule has 1 aliphatic heterocycles. The van der Waals surface area contributed by atoms with E-state index in [0.29, 0.717) is 44.0 Å². The van der Waals surface area contributed by atoms with E-state index in [1.54, 1.807) is 32.9 Å². The molecule has 1 fully saturated rings. The van der Waals surface area contributed by atoms with Crippen LogP contribution in [0.5, 0.6) is 5.75 Å². The Balaban J connectivity index is 1.55. The van der Waals surface area contributed by atoms with Gasteiger partial charge in [0.05, 0.1) is 17.7 Å². The van der Waals surface area contributed by atoms with Crippen molar-refractivity contribution in [1.82, 2.24) is 0 Å². The molecule has 0 aliphatic carbocycles. The quantitative estimate of drug-likeness (QED) is 0.706. The highest BCUT2D eigenvalue weighted by molar-refractivity contribution is 5.71. The molecule has 6 heteroatoms. The number of piperidine rings is 1. The summed E-state index contributed by atoms with van der Waals surface area (Å²) in [5.41, 5.74) is -0.209. The van der Waals surface area contributed by atoms with Gasteiger partial charge in [-0.3, -0.25) is 4.79 Å². The molecule has 1 heterocycles. The highest BCUT2D eigenvalue weighted by Crippen LogP contribution is 2.32. The molecule has 0 unspecified atom stereocenters. The number of aliphatic hydroxyl groups is 1. The number of carbonyl (C=O) groups excluding carboxylic acids is 1. The lowest BCUT2D eigenvalue weighted by atomic mass is 9.88. The zero-order chi connectivity index (χ0) is 21.8. The predicted molar refractivity (Wildman–Crippen MR) is 114 cm³/mol. The lowest BCUT2D eigenvalue weighted by molar-refractivity contribution is -0.161. The van der Waals surface area contributed by atoms with Crippen LogP contribution in [0.1, 0.15) is 45.6 Å². The number of halogens is 1. The third-order valence-electron chi connectivity index (χ3n) is 5.10. The topological polar surface area (TPSA) is 59.0 Å². The van der Waals surface area contributed by atoms with E-state index in [4.69, 9.17) is 9.47 Å². The van der Waals surface area contributed by atoms with E-state index >= 15 is 0 Å². The molecule has 0 atom stereocenters. The molecule has 1 saturated heterocycles. The van der Waals surface area contributed by atoms with E-state index in [9.17, 15) is 14.3 Å².